The van der Waals surface area contributed by atoms with E-state index in [1.165, 1.54) is 6.07 Å². The van der Waals surface area contributed by atoms with E-state index < -0.39 is 0 Å². The lowest BCUT2D eigenvalue weighted by Gasteiger charge is -2.08. The van der Waals surface area contributed by atoms with Gasteiger partial charge in [0.1, 0.15) is 0 Å². The maximum absolute atomic E-state index is 12.5. The highest BCUT2D eigenvalue weighted by Crippen LogP contribution is 2.25. The van der Waals surface area contributed by atoms with Crippen molar-refractivity contribution in [1.29, 1.82) is 0 Å². The van der Waals surface area contributed by atoms with E-state index in [1.807, 2.05) is 48.5 Å². The van der Waals surface area contributed by atoms with E-state index in [0.717, 1.165) is 16.8 Å². The summed E-state index contributed by atoms with van der Waals surface area (Å²) in [5, 5.41) is 16.7. The number of pyridine rings is 1. The van der Waals surface area contributed by atoms with Gasteiger partial charge < -0.3 is 5.32 Å². The van der Waals surface area contributed by atoms with Gasteiger partial charge in [0.2, 0.25) is 0 Å². The van der Waals surface area contributed by atoms with Crippen LogP contribution in [-0.4, -0.2) is 30.7 Å². The molecule has 0 fully saturated rings. The number of fused-ring (bicyclic) bond motifs is 1. The van der Waals surface area contributed by atoms with Crippen molar-refractivity contribution in [2.45, 2.75) is 0 Å². The number of amides is 1. The highest BCUT2D eigenvalue weighted by atomic mass is 35.5. The van der Waals surface area contributed by atoms with E-state index >= 15 is 0 Å². The molecule has 9 heteroatoms. The molecule has 3 aromatic heterocycles. The quantitative estimate of drug-likeness (QED) is 0.387. The van der Waals surface area contributed by atoms with E-state index in [4.69, 9.17) is 28.3 Å². The van der Waals surface area contributed by atoms with Crippen LogP contribution in [0.5, 0.6) is 0 Å². The molecule has 0 saturated heterocycles. The zero-order chi connectivity index (χ0) is 22.1. The highest BCUT2D eigenvalue weighted by molar-refractivity contribution is 6.42. The van der Waals surface area contributed by atoms with Crippen molar-refractivity contribution < 1.29 is 4.79 Å². The van der Waals surface area contributed by atoms with Gasteiger partial charge in [0.05, 0.1) is 15.7 Å². The Morgan fingerprint density at radius 1 is 0.812 bits per heavy atom. The molecule has 7 nitrogen and oxygen atoms in total. The first-order valence-corrected chi connectivity index (χ1v) is 10.3. The fraction of sp³-hybridized carbons (Fsp3) is 0. The molecule has 5 rings (SSSR count). The standard InChI is InChI=1S/C23H14Cl2N6O/c24-18-6-3-16(13-19(18)25)23(32)27-17-4-1-14(2-5-17)20-7-8-21-28-29-22(31(21)30-20)15-9-11-26-12-10-15/h1-13H,(H,27,32). The van der Waals surface area contributed by atoms with Crippen LogP contribution < -0.4 is 5.32 Å². The maximum atomic E-state index is 12.5. The van der Waals surface area contributed by atoms with Crippen molar-refractivity contribution in [3.05, 3.63) is 94.7 Å². The van der Waals surface area contributed by atoms with Crippen molar-refractivity contribution in [2.24, 2.45) is 0 Å². The van der Waals surface area contributed by atoms with Gasteiger partial charge in [-0.2, -0.15) is 9.61 Å². The normalized spacial score (nSPS) is 10.9. The second-order valence-electron chi connectivity index (χ2n) is 6.91. The summed E-state index contributed by atoms with van der Waals surface area (Å²) in [5.41, 5.74) is 4.21. The zero-order valence-electron chi connectivity index (χ0n) is 16.4. The molecule has 2 aromatic carbocycles. The van der Waals surface area contributed by atoms with Crippen LogP contribution in [0.4, 0.5) is 5.69 Å². The van der Waals surface area contributed by atoms with Crippen molar-refractivity contribution in [3.63, 3.8) is 0 Å². The van der Waals surface area contributed by atoms with E-state index in [1.54, 1.807) is 29.0 Å². The number of anilines is 1. The molecule has 0 atom stereocenters. The molecule has 0 aliphatic heterocycles. The molecule has 1 N–H and O–H groups in total. The predicted molar refractivity (Wildman–Crippen MR) is 124 cm³/mol. The number of carbonyl (C=O) groups excluding carboxylic acids is 1. The number of carbonyl (C=O) groups is 1. The Bertz CT molecular complexity index is 1430. The van der Waals surface area contributed by atoms with Gasteiger partial charge in [-0.1, -0.05) is 35.3 Å². The molecule has 3 heterocycles. The Morgan fingerprint density at radius 2 is 1.59 bits per heavy atom. The minimum atomic E-state index is -0.276. The van der Waals surface area contributed by atoms with Crippen molar-refractivity contribution in [1.82, 2.24) is 24.8 Å². The Labute approximate surface area is 192 Å². The SMILES string of the molecule is O=C(Nc1ccc(-c2ccc3nnc(-c4ccncc4)n3n2)cc1)c1ccc(Cl)c(Cl)c1. The smallest absolute Gasteiger partial charge is 0.255 e. The third kappa shape index (κ3) is 3.91. The van der Waals surface area contributed by atoms with Gasteiger partial charge >= 0.3 is 0 Å². The van der Waals surface area contributed by atoms with Crippen LogP contribution in [0.25, 0.3) is 28.3 Å². The summed E-state index contributed by atoms with van der Waals surface area (Å²) in [4.78, 5) is 16.5. The molecule has 0 aliphatic carbocycles. The molecule has 0 unspecified atom stereocenters. The molecule has 5 aromatic rings. The fourth-order valence-electron chi connectivity index (χ4n) is 3.19. The second kappa shape index (κ2) is 8.37. The number of benzene rings is 2. The molecule has 0 saturated carbocycles. The van der Waals surface area contributed by atoms with Crippen LogP contribution in [0.1, 0.15) is 10.4 Å². The Hall–Kier alpha value is -3.81. The van der Waals surface area contributed by atoms with Gasteiger partial charge in [-0.25, -0.2) is 0 Å². The van der Waals surface area contributed by atoms with E-state index in [2.05, 4.69) is 20.5 Å². The Kier molecular flexibility index (Phi) is 5.26. The summed E-state index contributed by atoms with van der Waals surface area (Å²) in [6, 6.07) is 19.6. The van der Waals surface area contributed by atoms with Crippen LogP contribution in [-0.2, 0) is 0 Å². The summed E-state index contributed by atoms with van der Waals surface area (Å²) >= 11 is 11.9. The number of aromatic nitrogens is 5. The van der Waals surface area contributed by atoms with Crippen LogP contribution in [0.2, 0.25) is 10.0 Å². The molecule has 1 amide bonds. The molecule has 0 aliphatic rings. The number of hydrogen-bond acceptors (Lipinski definition) is 5. The van der Waals surface area contributed by atoms with Crippen LogP contribution >= 0.6 is 23.2 Å². The molecular formula is C23H14Cl2N6O. The van der Waals surface area contributed by atoms with E-state index in [9.17, 15) is 4.79 Å². The third-order valence-electron chi connectivity index (χ3n) is 4.82. The van der Waals surface area contributed by atoms with Gasteiger partial charge in [-0.3, -0.25) is 9.78 Å². The first kappa shape index (κ1) is 20.1. The number of hydrogen-bond donors (Lipinski definition) is 1. The summed E-state index contributed by atoms with van der Waals surface area (Å²) in [6.45, 7) is 0. The Morgan fingerprint density at radius 3 is 2.34 bits per heavy atom. The summed E-state index contributed by atoms with van der Waals surface area (Å²) in [6.07, 6.45) is 3.40. The first-order valence-electron chi connectivity index (χ1n) is 9.58. The van der Waals surface area contributed by atoms with E-state index in [-0.39, 0.29) is 5.91 Å². The molecular weight excluding hydrogens is 447 g/mol. The molecule has 32 heavy (non-hydrogen) atoms. The van der Waals surface area contributed by atoms with Gasteiger partial charge in [0.25, 0.3) is 5.91 Å². The van der Waals surface area contributed by atoms with Crippen molar-refractivity contribution in [2.75, 3.05) is 5.32 Å². The van der Waals surface area contributed by atoms with Gasteiger partial charge in [0, 0.05) is 34.8 Å². The minimum absolute atomic E-state index is 0.276. The van der Waals surface area contributed by atoms with Crippen LogP contribution in [0.3, 0.4) is 0 Å². The minimum Gasteiger partial charge on any atom is -0.322 e. The second-order valence-corrected chi connectivity index (χ2v) is 7.72. The maximum Gasteiger partial charge on any atom is 0.255 e. The van der Waals surface area contributed by atoms with Crippen LogP contribution in [0.15, 0.2) is 79.1 Å². The number of rotatable bonds is 4. The lowest BCUT2D eigenvalue weighted by molar-refractivity contribution is 0.102. The zero-order valence-corrected chi connectivity index (χ0v) is 17.9. The first-order chi connectivity index (χ1) is 15.6. The molecule has 0 spiro atoms. The number of nitrogens with zero attached hydrogens (tertiary/aromatic N) is 5. The third-order valence-corrected chi connectivity index (χ3v) is 5.56. The van der Waals surface area contributed by atoms with Gasteiger partial charge in [-0.15, -0.1) is 10.2 Å². The lowest BCUT2D eigenvalue weighted by Crippen LogP contribution is -2.11. The molecule has 0 radical (unpaired) electrons. The van der Waals surface area contributed by atoms with Crippen LogP contribution in [0, 0.1) is 0 Å². The van der Waals surface area contributed by atoms with Gasteiger partial charge in [-0.05, 0) is 54.6 Å². The van der Waals surface area contributed by atoms with Crippen molar-refractivity contribution >= 4 is 40.4 Å². The predicted octanol–water partition coefficient (Wildman–Crippen LogP) is 5.41. The van der Waals surface area contributed by atoms with Crippen molar-refractivity contribution in [3.8, 4) is 22.6 Å². The number of nitrogens with one attached hydrogen (secondary N) is 1. The summed E-state index contributed by atoms with van der Waals surface area (Å²) < 4.78 is 1.70. The topological polar surface area (TPSA) is 85.1 Å². The largest absolute Gasteiger partial charge is 0.322 e. The van der Waals surface area contributed by atoms with E-state index in [0.29, 0.717) is 32.8 Å². The fourth-order valence-corrected chi connectivity index (χ4v) is 3.49. The number of halogens is 2. The average molecular weight is 461 g/mol. The Balaban J connectivity index is 1.40. The summed E-state index contributed by atoms with van der Waals surface area (Å²) in [7, 11) is 0. The average Bonchev–Trinajstić information content (AvgIpc) is 3.25. The molecule has 156 valence electrons. The lowest BCUT2D eigenvalue weighted by atomic mass is 10.1. The highest BCUT2D eigenvalue weighted by Gasteiger charge is 2.12. The van der Waals surface area contributed by atoms with Gasteiger partial charge in [0.15, 0.2) is 11.5 Å². The monoisotopic (exact) mass is 460 g/mol. The summed E-state index contributed by atoms with van der Waals surface area (Å²) in [5.74, 6) is 0.358. The molecule has 0 bridgehead atoms.